The second kappa shape index (κ2) is 8.29. The Kier molecular flexibility index (Phi) is 6.39. The van der Waals surface area contributed by atoms with E-state index in [0.717, 1.165) is 22.1 Å². The largest absolute Gasteiger partial charge is 0.300 e. The van der Waals surface area contributed by atoms with Crippen molar-refractivity contribution < 1.29 is 4.79 Å². The molecule has 4 nitrogen and oxygen atoms in total. The molecule has 0 unspecified atom stereocenters. The second-order valence-electron chi connectivity index (χ2n) is 5.07. The van der Waals surface area contributed by atoms with E-state index in [2.05, 4.69) is 36.3 Å². The van der Waals surface area contributed by atoms with Crippen molar-refractivity contribution in [2.45, 2.75) is 37.4 Å². The zero-order valence-electron chi connectivity index (χ0n) is 13.1. The van der Waals surface area contributed by atoms with Crippen LogP contribution in [0.4, 0.5) is 5.13 Å². The molecule has 2 rings (SSSR count). The van der Waals surface area contributed by atoms with Crippen molar-refractivity contribution in [3.63, 3.8) is 0 Å². The molecule has 0 saturated heterocycles. The number of carbonyl (C=O) groups is 1. The van der Waals surface area contributed by atoms with Gasteiger partial charge in [-0.1, -0.05) is 80.6 Å². The van der Waals surface area contributed by atoms with E-state index in [1.54, 1.807) is 11.8 Å². The van der Waals surface area contributed by atoms with Gasteiger partial charge in [-0.3, -0.25) is 10.1 Å². The van der Waals surface area contributed by atoms with E-state index in [9.17, 15) is 4.79 Å². The van der Waals surface area contributed by atoms with Gasteiger partial charge in [0, 0.05) is 0 Å². The van der Waals surface area contributed by atoms with Crippen molar-refractivity contribution in [2.75, 3.05) is 11.1 Å². The second-order valence-corrected chi connectivity index (χ2v) is 7.56. The highest BCUT2D eigenvalue weighted by Gasteiger charge is 2.26. The van der Waals surface area contributed by atoms with E-state index in [-0.39, 0.29) is 17.7 Å². The number of amides is 1. The van der Waals surface area contributed by atoms with Gasteiger partial charge in [-0.05, 0) is 17.2 Å². The summed E-state index contributed by atoms with van der Waals surface area (Å²) in [6, 6.07) is 9.93. The SMILES string of the molecule is CCSc1nnc(NC(=O)[C@@H](c2ccccc2)[C@H](C)CC)s1. The summed E-state index contributed by atoms with van der Waals surface area (Å²) in [6.45, 7) is 6.28. The van der Waals surface area contributed by atoms with Gasteiger partial charge >= 0.3 is 0 Å². The summed E-state index contributed by atoms with van der Waals surface area (Å²) in [5.74, 6) is 1.03. The van der Waals surface area contributed by atoms with E-state index in [4.69, 9.17) is 0 Å². The maximum absolute atomic E-state index is 12.7. The Bertz CT molecular complexity index is 600. The zero-order valence-corrected chi connectivity index (χ0v) is 14.7. The summed E-state index contributed by atoms with van der Waals surface area (Å²) in [6.07, 6.45) is 0.944. The summed E-state index contributed by atoms with van der Waals surface area (Å²) >= 11 is 3.06. The summed E-state index contributed by atoms with van der Waals surface area (Å²) in [4.78, 5) is 12.7. The number of nitrogens with zero attached hydrogens (tertiary/aromatic N) is 2. The van der Waals surface area contributed by atoms with Crippen LogP contribution in [0.1, 0.15) is 38.7 Å². The molecular weight excluding hydrogens is 314 g/mol. The highest BCUT2D eigenvalue weighted by Crippen LogP contribution is 2.30. The molecule has 0 saturated carbocycles. The lowest BCUT2D eigenvalue weighted by atomic mass is 9.85. The fourth-order valence-corrected chi connectivity index (χ4v) is 3.91. The number of carbonyl (C=O) groups excluding carboxylic acids is 1. The van der Waals surface area contributed by atoms with E-state index in [1.165, 1.54) is 11.3 Å². The first-order valence-electron chi connectivity index (χ1n) is 7.47. The van der Waals surface area contributed by atoms with Crippen LogP contribution in [0, 0.1) is 5.92 Å². The fourth-order valence-electron chi connectivity index (χ4n) is 2.26. The normalized spacial score (nSPS) is 13.6. The minimum atomic E-state index is -0.169. The Morgan fingerprint density at radius 1 is 1.27 bits per heavy atom. The summed E-state index contributed by atoms with van der Waals surface area (Å²) in [7, 11) is 0. The Labute approximate surface area is 139 Å². The Balaban J connectivity index is 2.15. The number of benzene rings is 1. The van der Waals surface area contributed by atoms with Gasteiger partial charge in [-0.25, -0.2) is 0 Å². The Morgan fingerprint density at radius 2 is 2.00 bits per heavy atom. The molecule has 2 atom stereocenters. The first kappa shape index (κ1) is 17.0. The molecule has 0 aliphatic heterocycles. The summed E-state index contributed by atoms with van der Waals surface area (Å²) in [5.41, 5.74) is 1.04. The maximum Gasteiger partial charge on any atom is 0.234 e. The van der Waals surface area contributed by atoms with Gasteiger partial charge in [0.1, 0.15) is 0 Å². The van der Waals surface area contributed by atoms with Gasteiger partial charge in [0.2, 0.25) is 11.0 Å². The molecule has 1 amide bonds. The molecule has 0 fully saturated rings. The van der Waals surface area contributed by atoms with Crippen LogP contribution in [0.25, 0.3) is 0 Å². The molecule has 22 heavy (non-hydrogen) atoms. The molecule has 0 spiro atoms. The summed E-state index contributed by atoms with van der Waals surface area (Å²) < 4.78 is 0.887. The van der Waals surface area contributed by atoms with Crippen LogP contribution in [0.2, 0.25) is 0 Å². The molecule has 6 heteroatoms. The number of nitrogens with one attached hydrogen (secondary N) is 1. The highest BCUT2D eigenvalue weighted by molar-refractivity contribution is 8.01. The van der Waals surface area contributed by atoms with Crippen molar-refractivity contribution in [3.8, 4) is 0 Å². The molecule has 118 valence electrons. The molecule has 1 N–H and O–H groups in total. The molecule has 2 aromatic rings. The Morgan fingerprint density at radius 3 is 2.64 bits per heavy atom. The first-order chi connectivity index (χ1) is 10.7. The number of hydrogen-bond acceptors (Lipinski definition) is 5. The minimum absolute atomic E-state index is 0.00949. The third-order valence-electron chi connectivity index (χ3n) is 3.56. The summed E-state index contributed by atoms with van der Waals surface area (Å²) in [5, 5.41) is 11.6. The molecule has 0 aliphatic carbocycles. The third kappa shape index (κ3) is 4.30. The fraction of sp³-hybridized carbons (Fsp3) is 0.438. The lowest BCUT2D eigenvalue weighted by Gasteiger charge is -2.22. The van der Waals surface area contributed by atoms with Crippen molar-refractivity contribution in [3.05, 3.63) is 35.9 Å². The average Bonchev–Trinajstić information content (AvgIpc) is 2.96. The molecule has 0 bridgehead atoms. The van der Waals surface area contributed by atoms with Crippen molar-refractivity contribution in [1.29, 1.82) is 0 Å². The average molecular weight is 335 g/mol. The molecule has 0 radical (unpaired) electrons. The zero-order chi connectivity index (χ0) is 15.9. The highest BCUT2D eigenvalue weighted by atomic mass is 32.2. The van der Waals surface area contributed by atoms with Gasteiger partial charge in [0.15, 0.2) is 4.34 Å². The molecular formula is C16H21N3OS2. The van der Waals surface area contributed by atoms with Crippen LogP contribution < -0.4 is 5.32 Å². The van der Waals surface area contributed by atoms with Crippen LogP contribution in [-0.4, -0.2) is 21.9 Å². The standard InChI is InChI=1S/C16H21N3OS2/c1-4-11(3)13(12-9-7-6-8-10-12)14(20)17-15-18-19-16(22-15)21-5-2/h6-11,13H,4-5H2,1-3H3,(H,17,18,20)/t11-,13-/m1/s1. The van der Waals surface area contributed by atoms with E-state index in [1.807, 2.05) is 30.3 Å². The van der Waals surface area contributed by atoms with Gasteiger partial charge in [0.05, 0.1) is 5.92 Å². The predicted octanol–water partition coefficient (Wildman–Crippen LogP) is 4.42. The number of hydrogen-bond donors (Lipinski definition) is 1. The van der Waals surface area contributed by atoms with Crippen LogP contribution in [0.5, 0.6) is 0 Å². The van der Waals surface area contributed by atoms with Gasteiger partial charge in [-0.2, -0.15) is 0 Å². The molecule has 1 aromatic heterocycles. The van der Waals surface area contributed by atoms with Crippen LogP contribution in [0.15, 0.2) is 34.7 Å². The van der Waals surface area contributed by atoms with Crippen molar-refractivity contribution >= 4 is 34.1 Å². The lowest BCUT2D eigenvalue weighted by molar-refractivity contribution is -0.118. The number of aromatic nitrogens is 2. The lowest BCUT2D eigenvalue weighted by Crippen LogP contribution is -2.26. The van der Waals surface area contributed by atoms with Crippen LogP contribution in [-0.2, 0) is 4.79 Å². The first-order valence-corrected chi connectivity index (χ1v) is 9.28. The maximum atomic E-state index is 12.7. The number of rotatable bonds is 7. The smallest absolute Gasteiger partial charge is 0.234 e. The van der Waals surface area contributed by atoms with Gasteiger partial charge in [0.25, 0.3) is 0 Å². The quantitative estimate of drug-likeness (QED) is 0.601. The van der Waals surface area contributed by atoms with Crippen molar-refractivity contribution in [2.24, 2.45) is 5.92 Å². The molecule has 1 aromatic carbocycles. The Hall–Kier alpha value is -1.40. The molecule has 0 aliphatic rings. The van der Waals surface area contributed by atoms with Crippen molar-refractivity contribution in [1.82, 2.24) is 10.2 Å². The van der Waals surface area contributed by atoms with E-state index in [0.29, 0.717) is 5.13 Å². The van der Waals surface area contributed by atoms with Gasteiger partial charge < -0.3 is 0 Å². The topological polar surface area (TPSA) is 54.9 Å². The van der Waals surface area contributed by atoms with Crippen LogP contribution >= 0.6 is 23.1 Å². The molecule has 1 heterocycles. The minimum Gasteiger partial charge on any atom is -0.300 e. The number of anilines is 1. The predicted molar refractivity (Wildman–Crippen MR) is 93.6 cm³/mol. The van der Waals surface area contributed by atoms with E-state index >= 15 is 0 Å². The van der Waals surface area contributed by atoms with Crippen LogP contribution in [0.3, 0.4) is 0 Å². The van der Waals surface area contributed by atoms with Gasteiger partial charge in [-0.15, -0.1) is 10.2 Å². The number of thioether (sulfide) groups is 1. The van der Waals surface area contributed by atoms with E-state index < -0.39 is 0 Å². The third-order valence-corrected chi connectivity index (χ3v) is 5.41. The monoisotopic (exact) mass is 335 g/mol.